The fourth-order valence-electron chi connectivity index (χ4n) is 1.17. The first-order chi connectivity index (χ1) is 6.59. The van der Waals surface area contributed by atoms with Crippen molar-refractivity contribution in [3.8, 4) is 0 Å². The van der Waals surface area contributed by atoms with Gasteiger partial charge in [-0.3, -0.25) is 4.79 Å². The molecule has 0 aromatic carbocycles. The number of hydrogen-bond donors (Lipinski definition) is 1. The van der Waals surface area contributed by atoms with Crippen molar-refractivity contribution in [2.75, 3.05) is 20.1 Å². The van der Waals surface area contributed by atoms with Crippen LogP contribution in [0.25, 0.3) is 0 Å². The number of carbonyl (C=O) groups excluding carboxylic acids is 1. The van der Waals surface area contributed by atoms with Gasteiger partial charge in [-0.1, -0.05) is 0 Å². The topological polar surface area (TPSA) is 32.3 Å². The van der Waals surface area contributed by atoms with Crippen LogP contribution in [-0.2, 0) is 4.79 Å². The molecule has 0 atom stereocenters. The molecule has 14 heavy (non-hydrogen) atoms. The van der Waals surface area contributed by atoms with E-state index < -0.39 is 13.0 Å². The van der Waals surface area contributed by atoms with Crippen molar-refractivity contribution < 1.29 is 13.6 Å². The highest BCUT2D eigenvalue weighted by atomic mass is 19.3. The largest absolute Gasteiger partial charge is 0.340 e. The van der Waals surface area contributed by atoms with Crippen molar-refractivity contribution in [3.63, 3.8) is 0 Å². The Morgan fingerprint density at radius 1 is 1.57 bits per heavy atom. The predicted molar refractivity (Wildman–Crippen MR) is 49.3 cm³/mol. The molecule has 0 saturated heterocycles. The van der Waals surface area contributed by atoms with Gasteiger partial charge in [-0.05, 0) is 12.8 Å². The fourth-order valence-corrected chi connectivity index (χ4v) is 1.17. The Labute approximate surface area is 82.5 Å². The van der Waals surface area contributed by atoms with Crippen molar-refractivity contribution in [1.82, 2.24) is 10.2 Å². The van der Waals surface area contributed by atoms with Gasteiger partial charge < -0.3 is 10.2 Å². The van der Waals surface area contributed by atoms with E-state index in [1.807, 2.05) is 0 Å². The summed E-state index contributed by atoms with van der Waals surface area (Å²) < 4.78 is 23.8. The molecule has 1 rings (SSSR count). The van der Waals surface area contributed by atoms with E-state index in [0.717, 1.165) is 4.90 Å². The molecule has 0 bridgehead atoms. The maximum atomic E-state index is 11.9. The van der Waals surface area contributed by atoms with Crippen LogP contribution in [0.3, 0.4) is 0 Å². The van der Waals surface area contributed by atoms with Crippen molar-refractivity contribution >= 4 is 5.91 Å². The molecule has 3 nitrogen and oxygen atoms in total. The van der Waals surface area contributed by atoms with Gasteiger partial charge in [0.2, 0.25) is 5.91 Å². The van der Waals surface area contributed by atoms with Gasteiger partial charge in [0, 0.05) is 26.1 Å². The van der Waals surface area contributed by atoms with Crippen LogP contribution in [0.2, 0.25) is 0 Å². The van der Waals surface area contributed by atoms with Gasteiger partial charge in [0.15, 0.2) is 0 Å². The van der Waals surface area contributed by atoms with E-state index in [1.165, 1.54) is 19.9 Å². The third kappa shape index (κ3) is 4.50. The Morgan fingerprint density at radius 2 is 2.21 bits per heavy atom. The number of amides is 1. The van der Waals surface area contributed by atoms with Gasteiger partial charge in [-0.2, -0.15) is 0 Å². The average molecular weight is 206 g/mol. The van der Waals surface area contributed by atoms with Crippen LogP contribution in [0.5, 0.6) is 0 Å². The molecule has 0 aromatic heterocycles. The number of alkyl halides is 2. The second-order valence-corrected chi connectivity index (χ2v) is 3.64. The van der Waals surface area contributed by atoms with E-state index in [0.29, 0.717) is 19.0 Å². The quantitative estimate of drug-likeness (QED) is 0.698. The molecule has 82 valence electrons. The fraction of sp³-hybridized carbons (Fsp3) is 0.889. The zero-order chi connectivity index (χ0) is 10.6. The first-order valence-corrected chi connectivity index (χ1v) is 4.85. The highest BCUT2D eigenvalue weighted by Crippen LogP contribution is 2.18. The van der Waals surface area contributed by atoms with Crippen LogP contribution in [0.1, 0.15) is 19.3 Å². The summed E-state index contributed by atoms with van der Waals surface area (Å²) in [6, 6.07) is 0.559. The molecule has 1 aliphatic carbocycles. The van der Waals surface area contributed by atoms with Crippen LogP contribution in [0.4, 0.5) is 8.78 Å². The molecule has 1 N–H and O–H groups in total. The normalized spacial score (nSPS) is 16.0. The lowest BCUT2D eigenvalue weighted by Crippen LogP contribution is -2.33. The lowest BCUT2D eigenvalue weighted by Gasteiger charge is -2.16. The summed E-state index contributed by atoms with van der Waals surface area (Å²) in [5.74, 6) is -0.224. The standard InChI is InChI=1S/C9H16F2N2O/c1-13(6-8(10)11)9(14)4-5-12-7-2-3-7/h7-8,12H,2-6H2,1H3. The van der Waals surface area contributed by atoms with Gasteiger partial charge in [0.25, 0.3) is 6.43 Å². The summed E-state index contributed by atoms with van der Waals surface area (Å²) in [6.07, 6.45) is 0.197. The molecule has 0 heterocycles. The summed E-state index contributed by atoms with van der Waals surface area (Å²) >= 11 is 0. The van der Waals surface area contributed by atoms with E-state index in [2.05, 4.69) is 5.32 Å². The number of rotatable bonds is 6. The second-order valence-electron chi connectivity index (χ2n) is 3.64. The maximum absolute atomic E-state index is 11.9. The van der Waals surface area contributed by atoms with Crippen LogP contribution >= 0.6 is 0 Å². The molecule has 0 aliphatic heterocycles. The molecular weight excluding hydrogens is 190 g/mol. The number of carbonyl (C=O) groups is 1. The molecular formula is C9H16F2N2O. The lowest BCUT2D eigenvalue weighted by atomic mass is 10.3. The number of halogens is 2. The number of hydrogen-bond acceptors (Lipinski definition) is 2. The van der Waals surface area contributed by atoms with Crippen LogP contribution in [0, 0.1) is 0 Å². The Balaban J connectivity index is 2.06. The second kappa shape index (κ2) is 5.24. The third-order valence-corrected chi connectivity index (χ3v) is 2.19. The average Bonchev–Trinajstić information content (AvgIpc) is 2.86. The van der Waals surface area contributed by atoms with E-state index in [9.17, 15) is 13.6 Å². The Morgan fingerprint density at radius 3 is 2.71 bits per heavy atom. The van der Waals surface area contributed by atoms with Crippen molar-refractivity contribution in [2.45, 2.75) is 31.7 Å². The molecule has 0 radical (unpaired) electrons. The monoisotopic (exact) mass is 206 g/mol. The zero-order valence-corrected chi connectivity index (χ0v) is 8.30. The molecule has 1 fully saturated rings. The third-order valence-electron chi connectivity index (χ3n) is 2.19. The van der Waals surface area contributed by atoms with Crippen LogP contribution in [-0.4, -0.2) is 43.4 Å². The van der Waals surface area contributed by atoms with E-state index in [-0.39, 0.29) is 5.91 Å². The summed E-state index contributed by atoms with van der Waals surface area (Å²) in [4.78, 5) is 12.3. The molecule has 0 spiro atoms. The van der Waals surface area contributed by atoms with Gasteiger partial charge in [0.1, 0.15) is 0 Å². The highest BCUT2D eigenvalue weighted by Gasteiger charge is 2.20. The van der Waals surface area contributed by atoms with Crippen molar-refractivity contribution in [3.05, 3.63) is 0 Å². The van der Waals surface area contributed by atoms with Gasteiger partial charge >= 0.3 is 0 Å². The lowest BCUT2D eigenvalue weighted by molar-refractivity contribution is -0.131. The van der Waals surface area contributed by atoms with Gasteiger partial charge in [0.05, 0.1) is 6.54 Å². The van der Waals surface area contributed by atoms with E-state index in [4.69, 9.17) is 0 Å². The summed E-state index contributed by atoms with van der Waals surface area (Å²) in [7, 11) is 1.41. The molecule has 0 aromatic rings. The predicted octanol–water partition coefficient (Wildman–Crippen LogP) is 0.852. The minimum atomic E-state index is -2.44. The first-order valence-electron chi connectivity index (χ1n) is 4.85. The Bertz CT molecular complexity index is 195. The number of nitrogens with one attached hydrogen (secondary N) is 1. The summed E-state index contributed by atoms with van der Waals surface area (Å²) in [5, 5.41) is 3.16. The molecule has 1 amide bonds. The van der Waals surface area contributed by atoms with Crippen molar-refractivity contribution in [1.29, 1.82) is 0 Å². The van der Waals surface area contributed by atoms with E-state index >= 15 is 0 Å². The zero-order valence-electron chi connectivity index (χ0n) is 8.30. The maximum Gasteiger partial charge on any atom is 0.255 e. The highest BCUT2D eigenvalue weighted by molar-refractivity contribution is 5.76. The molecule has 0 unspecified atom stereocenters. The van der Waals surface area contributed by atoms with Crippen LogP contribution in [0.15, 0.2) is 0 Å². The molecule has 5 heteroatoms. The summed E-state index contributed by atoms with van der Waals surface area (Å²) in [5.41, 5.74) is 0. The van der Waals surface area contributed by atoms with Gasteiger partial charge in [-0.25, -0.2) is 8.78 Å². The first kappa shape index (κ1) is 11.4. The van der Waals surface area contributed by atoms with Crippen molar-refractivity contribution in [2.24, 2.45) is 0 Å². The van der Waals surface area contributed by atoms with Crippen LogP contribution < -0.4 is 5.32 Å². The minimum Gasteiger partial charge on any atom is -0.340 e. The smallest absolute Gasteiger partial charge is 0.255 e. The number of nitrogens with zero attached hydrogens (tertiary/aromatic N) is 1. The molecule has 1 saturated carbocycles. The Hall–Kier alpha value is -0.710. The van der Waals surface area contributed by atoms with E-state index in [1.54, 1.807) is 0 Å². The SMILES string of the molecule is CN(CC(F)F)C(=O)CCNC1CC1. The molecule has 1 aliphatic rings. The van der Waals surface area contributed by atoms with Gasteiger partial charge in [-0.15, -0.1) is 0 Å². The summed E-state index contributed by atoms with van der Waals surface area (Å²) in [6.45, 7) is 0.124. The minimum absolute atomic E-state index is 0.224. The Kier molecular flexibility index (Phi) is 4.25.